The zero-order chi connectivity index (χ0) is 30.9. The van der Waals surface area contributed by atoms with Crippen LogP contribution in [0.1, 0.15) is 30.9 Å². The van der Waals surface area contributed by atoms with E-state index in [1.807, 2.05) is 30.3 Å². The van der Waals surface area contributed by atoms with Gasteiger partial charge in [-0.1, -0.05) is 71.2 Å². The molecule has 12 heteroatoms. The fourth-order valence-corrected chi connectivity index (χ4v) is 6.24. The number of hydrogen-bond donors (Lipinski definition) is 1. The smallest absolute Gasteiger partial charge is 0.243 e. The zero-order valence-corrected chi connectivity index (χ0v) is 26.7. The van der Waals surface area contributed by atoms with Crippen LogP contribution < -0.4 is 14.4 Å². The second-order valence-corrected chi connectivity index (χ2v) is 12.7. The summed E-state index contributed by atoms with van der Waals surface area (Å²) in [6, 6.07) is 18.2. The summed E-state index contributed by atoms with van der Waals surface area (Å²) in [5.74, 6) is -0.254. The number of carbonyl (C=O) groups excluding carboxylic acids is 2. The van der Waals surface area contributed by atoms with Gasteiger partial charge in [-0.15, -0.1) is 0 Å². The summed E-state index contributed by atoms with van der Waals surface area (Å²) in [6.45, 7) is 2.20. The van der Waals surface area contributed by atoms with Crippen molar-refractivity contribution < 1.29 is 22.7 Å². The summed E-state index contributed by atoms with van der Waals surface area (Å²) in [6.07, 6.45) is 1.49. The molecule has 1 atom stereocenters. The van der Waals surface area contributed by atoms with Crippen molar-refractivity contribution in [1.29, 1.82) is 0 Å². The van der Waals surface area contributed by atoms with Crippen LogP contribution in [0, 0.1) is 0 Å². The highest BCUT2D eigenvalue weighted by Crippen LogP contribution is 2.31. The predicted octanol–water partition coefficient (Wildman–Crippen LogP) is 5.98. The zero-order valence-electron chi connectivity index (χ0n) is 23.6. The molecule has 2 amide bonds. The van der Waals surface area contributed by atoms with Crippen LogP contribution in [0.4, 0.5) is 5.69 Å². The second kappa shape index (κ2) is 15.5. The maximum atomic E-state index is 13.9. The topological polar surface area (TPSA) is 96.0 Å². The lowest BCUT2D eigenvalue weighted by Crippen LogP contribution is -2.50. The van der Waals surface area contributed by atoms with E-state index in [4.69, 9.17) is 39.5 Å². The number of nitrogens with one attached hydrogen (secondary N) is 1. The minimum absolute atomic E-state index is 0.00411. The fraction of sp³-hybridized carbons (Fsp3) is 0.333. The highest BCUT2D eigenvalue weighted by molar-refractivity contribution is 7.92. The van der Waals surface area contributed by atoms with E-state index >= 15 is 0 Å². The Labute approximate surface area is 262 Å². The molecule has 0 spiro atoms. The molecular weight excluding hydrogens is 621 g/mol. The summed E-state index contributed by atoms with van der Waals surface area (Å²) in [4.78, 5) is 28.7. The van der Waals surface area contributed by atoms with Crippen LogP contribution >= 0.6 is 34.8 Å². The monoisotopic (exact) mass is 653 g/mol. The minimum Gasteiger partial charge on any atom is -0.495 e. The molecule has 1 N–H and O–H groups in total. The van der Waals surface area contributed by atoms with E-state index in [2.05, 4.69) is 5.32 Å². The van der Waals surface area contributed by atoms with Gasteiger partial charge in [0.25, 0.3) is 0 Å². The van der Waals surface area contributed by atoms with E-state index in [-0.39, 0.29) is 49.2 Å². The van der Waals surface area contributed by atoms with E-state index < -0.39 is 16.1 Å². The molecule has 3 aromatic rings. The molecule has 0 radical (unpaired) electrons. The first-order valence-electron chi connectivity index (χ1n) is 13.3. The normalized spacial score (nSPS) is 12.0. The summed E-state index contributed by atoms with van der Waals surface area (Å²) < 4.78 is 31.7. The first-order valence-corrected chi connectivity index (χ1v) is 16.3. The fourth-order valence-electron chi connectivity index (χ4n) is 4.51. The molecule has 0 saturated carbocycles. The molecule has 42 heavy (non-hydrogen) atoms. The Balaban J connectivity index is 1.91. The molecule has 0 aliphatic heterocycles. The number of likely N-dealkylation sites (N-methyl/N-ethyl adjacent to an activating group) is 1. The third-order valence-corrected chi connectivity index (χ3v) is 8.79. The maximum Gasteiger partial charge on any atom is 0.243 e. The van der Waals surface area contributed by atoms with Crippen LogP contribution in [-0.2, 0) is 32.6 Å². The predicted molar refractivity (Wildman–Crippen MR) is 169 cm³/mol. The molecule has 0 aliphatic carbocycles. The number of rotatable bonds is 14. The van der Waals surface area contributed by atoms with Gasteiger partial charge in [-0.3, -0.25) is 13.9 Å². The van der Waals surface area contributed by atoms with E-state index in [1.54, 1.807) is 37.3 Å². The third kappa shape index (κ3) is 9.01. The van der Waals surface area contributed by atoms with Crippen molar-refractivity contribution in [1.82, 2.24) is 10.2 Å². The molecule has 3 aromatic carbocycles. The van der Waals surface area contributed by atoms with E-state index in [0.29, 0.717) is 33.6 Å². The van der Waals surface area contributed by atoms with Gasteiger partial charge in [-0.25, -0.2) is 8.42 Å². The molecule has 226 valence electrons. The Hall–Kier alpha value is -2.98. The Morgan fingerprint density at radius 3 is 2.19 bits per heavy atom. The van der Waals surface area contributed by atoms with Gasteiger partial charge in [-0.05, 0) is 49.2 Å². The second-order valence-electron chi connectivity index (χ2n) is 9.58. The first-order chi connectivity index (χ1) is 20.0. The standard InChI is InChI=1S/C30H34Cl3N3O5S/c1-4-34-30(38)27(18-21-10-6-5-7-11-21)35(20-23-24(31)12-8-13-25(23)32)29(37)14-9-17-36(42(3,39)40)22-15-16-28(41-2)26(33)19-22/h5-8,10-13,15-16,19,27H,4,9,14,17-18,20H2,1-3H3,(H,34,38). The number of hydrogen-bond acceptors (Lipinski definition) is 5. The Morgan fingerprint density at radius 1 is 0.952 bits per heavy atom. The number of nitrogens with zero attached hydrogens (tertiary/aromatic N) is 2. The average molecular weight is 655 g/mol. The van der Waals surface area contributed by atoms with Gasteiger partial charge in [0.15, 0.2) is 0 Å². The van der Waals surface area contributed by atoms with Crippen LogP contribution in [0.5, 0.6) is 5.75 Å². The van der Waals surface area contributed by atoms with Gasteiger partial charge >= 0.3 is 0 Å². The van der Waals surface area contributed by atoms with Gasteiger partial charge < -0.3 is 15.0 Å². The van der Waals surface area contributed by atoms with Crippen molar-refractivity contribution in [3.05, 3.63) is 92.9 Å². The van der Waals surface area contributed by atoms with Crippen molar-refractivity contribution in [2.45, 2.75) is 38.8 Å². The Bertz CT molecular complexity index is 1470. The SMILES string of the molecule is CCNC(=O)C(Cc1ccccc1)N(Cc1c(Cl)cccc1Cl)C(=O)CCCN(c1ccc(OC)c(Cl)c1)S(C)(=O)=O. The Morgan fingerprint density at radius 2 is 1.62 bits per heavy atom. The number of ether oxygens (including phenoxy) is 1. The van der Waals surface area contributed by atoms with Crippen LogP contribution in [0.25, 0.3) is 0 Å². The number of halogens is 3. The molecule has 0 aromatic heterocycles. The van der Waals surface area contributed by atoms with Gasteiger partial charge in [0.05, 0.1) is 24.1 Å². The molecule has 1 unspecified atom stereocenters. The van der Waals surface area contributed by atoms with Crippen molar-refractivity contribution >= 4 is 62.3 Å². The van der Waals surface area contributed by atoms with Crippen molar-refractivity contribution in [2.24, 2.45) is 0 Å². The maximum absolute atomic E-state index is 13.9. The molecule has 0 heterocycles. The highest BCUT2D eigenvalue weighted by Gasteiger charge is 2.31. The van der Waals surface area contributed by atoms with Gasteiger partial charge in [0, 0.05) is 48.1 Å². The molecule has 8 nitrogen and oxygen atoms in total. The molecule has 3 rings (SSSR count). The van der Waals surface area contributed by atoms with Gasteiger partial charge in [0.1, 0.15) is 11.8 Å². The number of sulfonamides is 1. The molecule has 0 saturated heterocycles. The van der Waals surface area contributed by atoms with E-state index in [9.17, 15) is 18.0 Å². The highest BCUT2D eigenvalue weighted by atomic mass is 35.5. The number of anilines is 1. The van der Waals surface area contributed by atoms with Crippen LogP contribution in [0.3, 0.4) is 0 Å². The molecular formula is C30H34Cl3N3O5S. The van der Waals surface area contributed by atoms with E-state index in [1.165, 1.54) is 22.4 Å². The first kappa shape index (κ1) is 33.5. The Kier molecular flexibility index (Phi) is 12.4. The lowest BCUT2D eigenvalue weighted by molar-refractivity contribution is -0.141. The van der Waals surface area contributed by atoms with Gasteiger partial charge in [-0.2, -0.15) is 0 Å². The number of amides is 2. The number of methoxy groups -OCH3 is 1. The lowest BCUT2D eigenvalue weighted by atomic mass is 10.0. The van der Waals surface area contributed by atoms with Crippen LogP contribution in [-0.4, -0.2) is 57.6 Å². The summed E-state index contributed by atoms with van der Waals surface area (Å²) in [7, 11) is -2.23. The number of benzene rings is 3. The summed E-state index contributed by atoms with van der Waals surface area (Å²) in [5.41, 5.74) is 1.73. The van der Waals surface area contributed by atoms with Gasteiger partial charge in [0.2, 0.25) is 21.8 Å². The molecule has 0 aliphatic rings. The quantitative estimate of drug-likeness (QED) is 0.231. The van der Waals surface area contributed by atoms with Crippen LogP contribution in [0.2, 0.25) is 15.1 Å². The minimum atomic E-state index is -3.70. The summed E-state index contributed by atoms with van der Waals surface area (Å²) >= 11 is 19.2. The van der Waals surface area contributed by atoms with E-state index in [0.717, 1.165) is 11.8 Å². The van der Waals surface area contributed by atoms with Crippen molar-refractivity contribution in [2.75, 3.05) is 30.8 Å². The summed E-state index contributed by atoms with van der Waals surface area (Å²) in [5, 5.41) is 3.83. The molecule has 0 bridgehead atoms. The lowest BCUT2D eigenvalue weighted by Gasteiger charge is -2.32. The largest absolute Gasteiger partial charge is 0.495 e. The molecule has 0 fully saturated rings. The van der Waals surface area contributed by atoms with Crippen LogP contribution in [0.15, 0.2) is 66.7 Å². The van der Waals surface area contributed by atoms with Crippen molar-refractivity contribution in [3.8, 4) is 5.75 Å². The third-order valence-electron chi connectivity index (χ3n) is 6.59. The van der Waals surface area contributed by atoms with Crippen molar-refractivity contribution in [3.63, 3.8) is 0 Å². The average Bonchev–Trinajstić information content (AvgIpc) is 2.94. The number of carbonyl (C=O) groups is 2.